The van der Waals surface area contributed by atoms with Crippen LogP contribution in [0.4, 0.5) is 11.4 Å². The van der Waals surface area contributed by atoms with Crippen LogP contribution < -0.4 is 10.2 Å². The quantitative estimate of drug-likeness (QED) is 0.940. The van der Waals surface area contributed by atoms with Crippen LogP contribution in [0.2, 0.25) is 0 Å². The van der Waals surface area contributed by atoms with E-state index < -0.39 is 0 Å². The minimum atomic E-state index is -0.160. The molecule has 0 spiro atoms. The molecule has 2 aromatic rings. The van der Waals surface area contributed by atoms with Crippen LogP contribution in [-0.2, 0) is 4.79 Å². The number of nitrogens with zero attached hydrogens (tertiary/aromatic N) is 1. The van der Waals surface area contributed by atoms with Crippen LogP contribution in [0.15, 0.2) is 42.5 Å². The average molecular weight is 308 g/mol. The Kier molecular flexibility index (Phi) is 4.15. The molecule has 0 saturated carbocycles. The first-order valence-corrected chi connectivity index (χ1v) is 7.83. The number of carbonyl (C=O) groups excluding carboxylic acids is 2. The van der Waals surface area contributed by atoms with E-state index in [-0.39, 0.29) is 11.8 Å². The zero-order chi connectivity index (χ0) is 16.4. The van der Waals surface area contributed by atoms with Crippen molar-refractivity contribution in [3.63, 3.8) is 0 Å². The fourth-order valence-electron chi connectivity index (χ4n) is 2.80. The zero-order valence-corrected chi connectivity index (χ0v) is 13.4. The number of anilines is 2. The lowest BCUT2D eigenvalue weighted by Gasteiger charge is -2.16. The largest absolute Gasteiger partial charge is 0.322 e. The lowest BCUT2D eigenvalue weighted by Crippen LogP contribution is -2.24. The number of benzene rings is 2. The Hall–Kier alpha value is -2.62. The number of hydrogen-bond donors (Lipinski definition) is 1. The van der Waals surface area contributed by atoms with Gasteiger partial charge in [-0.1, -0.05) is 18.2 Å². The molecule has 0 radical (unpaired) electrons. The molecule has 0 bridgehead atoms. The van der Waals surface area contributed by atoms with E-state index in [0.29, 0.717) is 12.0 Å². The first-order chi connectivity index (χ1) is 11.0. The normalized spacial score (nSPS) is 14.2. The van der Waals surface area contributed by atoms with Gasteiger partial charge in [0.1, 0.15) is 0 Å². The van der Waals surface area contributed by atoms with Crippen molar-refractivity contribution in [2.45, 2.75) is 26.7 Å². The van der Waals surface area contributed by atoms with Crippen LogP contribution in [0, 0.1) is 13.8 Å². The van der Waals surface area contributed by atoms with E-state index >= 15 is 0 Å². The summed E-state index contributed by atoms with van der Waals surface area (Å²) in [6.07, 6.45) is 1.46. The minimum Gasteiger partial charge on any atom is -0.322 e. The maximum Gasteiger partial charge on any atom is 0.255 e. The van der Waals surface area contributed by atoms with Crippen molar-refractivity contribution >= 4 is 23.2 Å². The van der Waals surface area contributed by atoms with Gasteiger partial charge in [0.2, 0.25) is 5.91 Å². The van der Waals surface area contributed by atoms with E-state index in [1.54, 1.807) is 17.0 Å². The van der Waals surface area contributed by atoms with E-state index in [0.717, 1.165) is 35.5 Å². The summed E-state index contributed by atoms with van der Waals surface area (Å²) in [7, 11) is 0. The summed E-state index contributed by atoms with van der Waals surface area (Å²) in [6.45, 7) is 4.68. The lowest BCUT2D eigenvalue weighted by atomic mass is 10.1. The summed E-state index contributed by atoms with van der Waals surface area (Å²) in [5.74, 6) is -0.0377. The van der Waals surface area contributed by atoms with E-state index in [1.807, 2.05) is 44.2 Å². The van der Waals surface area contributed by atoms with Crippen molar-refractivity contribution < 1.29 is 9.59 Å². The van der Waals surface area contributed by atoms with E-state index in [2.05, 4.69) is 5.32 Å². The van der Waals surface area contributed by atoms with Gasteiger partial charge in [-0.3, -0.25) is 9.59 Å². The third-order valence-electron chi connectivity index (χ3n) is 4.13. The molecule has 1 aliphatic heterocycles. The summed E-state index contributed by atoms with van der Waals surface area (Å²) in [5.41, 5.74) is 4.29. The first kappa shape index (κ1) is 15.3. The van der Waals surface area contributed by atoms with Gasteiger partial charge < -0.3 is 10.2 Å². The molecule has 3 rings (SSSR count). The standard InChI is InChI=1S/C19H20N2O2/c1-13-8-9-14(2)17(11-13)20-19(23)15-5-3-6-16(12-15)21-10-4-7-18(21)22/h3,5-6,8-9,11-12H,4,7,10H2,1-2H3,(H,20,23). The lowest BCUT2D eigenvalue weighted by molar-refractivity contribution is -0.117. The predicted octanol–water partition coefficient (Wildman–Crippen LogP) is 3.68. The van der Waals surface area contributed by atoms with Crippen LogP contribution in [-0.4, -0.2) is 18.4 Å². The Bertz CT molecular complexity index is 768. The van der Waals surface area contributed by atoms with Gasteiger partial charge in [-0.2, -0.15) is 0 Å². The van der Waals surface area contributed by atoms with E-state index in [9.17, 15) is 9.59 Å². The summed E-state index contributed by atoms with van der Waals surface area (Å²) in [4.78, 5) is 26.1. The highest BCUT2D eigenvalue weighted by Gasteiger charge is 2.22. The van der Waals surface area contributed by atoms with Gasteiger partial charge in [0.05, 0.1) is 0 Å². The molecular formula is C19H20N2O2. The average Bonchev–Trinajstić information content (AvgIpc) is 2.97. The first-order valence-electron chi connectivity index (χ1n) is 7.83. The summed E-state index contributed by atoms with van der Waals surface area (Å²) < 4.78 is 0. The number of nitrogens with one attached hydrogen (secondary N) is 1. The minimum absolute atomic E-state index is 0.122. The maximum absolute atomic E-state index is 12.5. The molecular weight excluding hydrogens is 288 g/mol. The van der Waals surface area contributed by atoms with Gasteiger partial charge in [-0.15, -0.1) is 0 Å². The third-order valence-corrected chi connectivity index (χ3v) is 4.13. The second-order valence-corrected chi connectivity index (χ2v) is 5.97. The number of amides is 2. The molecule has 0 aliphatic carbocycles. The molecule has 1 N–H and O–H groups in total. The highest BCUT2D eigenvalue weighted by atomic mass is 16.2. The molecule has 2 amide bonds. The fraction of sp³-hybridized carbons (Fsp3) is 0.263. The van der Waals surface area contributed by atoms with Crippen LogP contribution in [0.5, 0.6) is 0 Å². The molecule has 2 aromatic carbocycles. The van der Waals surface area contributed by atoms with E-state index in [4.69, 9.17) is 0 Å². The predicted molar refractivity (Wildman–Crippen MR) is 91.9 cm³/mol. The molecule has 0 aromatic heterocycles. The second-order valence-electron chi connectivity index (χ2n) is 5.97. The van der Waals surface area contributed by atoms with Gasteiger partial charge >= 0.3 is 0 Å². The van der Waals surface area contributed by atoms with Gasteiger partial charge in [-0.05, 0) is 55.7 Å². The fourth-order valence-corrected chi connectivity index (χ4v) is 2.80. The Morgan fingerprint density at radius 3 is 2.70 bits per heavy atom. The third kappa shape index (κ3) is 3.26. The molecule has 1 heterocycles. The topological polar surface area (TPSA) is 49.4 Å². The van der Waals surface area contributed by atoms with Crippen LogP contribution in [0.25, 0.3) is 0 Å². The molecule has 118 valence electrons. The molecule has 1 aliphatic rings. The highest BCUT2D eigenvalue weighted by molar-refractivity contribution is 6.06. The van der Waals surface area contributed by atoms with Crippen molar-refractivity contribution in [2.75, 3.05) is 16.8 Å². The second kappa shape index (κ2) is 6.24. The Morgan fingerprint density at radius 2 is 1.96 bits per heavy atom. The number of aryl methyl sites for hydroxylation is 2. The Morgan fingerprint density at radius 1 is 1.13 bits per heavy atom. The van der Waals surface area contributed by atoms with Crippen molar-refractivity contribution in [2.24, 2.45) is 0 Å². The zero-order valence-electron chi connectivity index (χ0n) is 13.4. The van der Waals surface area contributed by atoms with Crippen molar-refractivity contribution in [1.29, 1.82) is 0 Å². The van der Waals surface area contributed by atoms with E-state index in [1.165, 1.54) is 0 Å². The Labute approximate surface area is 136 Å². The molecule has 4 heteroatoms. The van der Waals surface area contributed by atoms with Crippen molar-refractivity contribution in [1.82, 2.24) is 0 Å². The molecule has 1 saturated heterocycles. The highest BCUT2D eigenvalue weighted by Crippen LogP contribution is 2.23. The molecule has 0 atom stereocenters. The van der Waals surface area contributed by atoms with Gasteiger partial charge in [-0.25, -0.2) is 0 Å². The monoisotopic (exact) mass is 308 g/mol. The maximum atomic E-state index is 12.5. The summed E-state index contributed by atoms with van der Waals surface area (Å²) >= 11 is 0. The SMILES string of the molecule is Cc1ccc(C)c(NC(=O)c2cccc(N3CCCC3=O)c2)c1. The molecule has 1 fully saturated rings. The Balaban J connectivity index is 1.82. The number of carbonyl (C=O) groups is 2. The smallest absolute Gasteiger partial charge is 0.255 e. The number of rotatable bonds is 3. The van der Waals surface area contributed by atoms with Gasteiger partial charge in [0, 0.05) is 29.9 Å². The van der Waals surface area contributed by atoms with Crippen molar-refractivity contribution in [3.8, 4) is 0 Å². The van der Waals surface area contributed by atoms with Crippen LogP contribution in [0.3, 0.4) is 0 Å². The van der Waals surface area contributed by atoms with Crippen molar-refractivity contribution in [3.05, 3.63) is 59.2 Å². The molecule has 23 heavy (non-hydrogen) atoms. The van der Waals surface area contributed by atoms with Gasteiger partial charge in [0.25, 0.3) is 5.91 Å². The van der Waals surface area contributed by atoms with Gasteiger partial charge in [0.15, 0.2) is 0 Å². The molecule has 0 unspecified atom stereocenters. The van der Waals surface area contributed by atoms with Crippen LogP contribution in [0.1, 0.15) is 34.3 Å². The van der Waals surface area contributed by atoms with Crippen LogP contribution >= 0.6 is 0 Å². The number of hydrogen-bond acceptors (Lipinski definition) is 2. The molecule has 4 nitrogen and oxygen atoms in total. The summed E-state index contributed by atoms with van der Waals surface area (Å²) in [6, 6.07) is 13.2. The summed E-state index contributed by atoms with van der Waals surface area (Å²) in [5, 5.41) is 2.95.